The van der Waals surface area contributed by atoms with Crippen LogP contribution in [0.25, 0.3) is 10.4 Å². The fraction of sp³-hybridized carbons (Fsp3) is 0.200. The third-order valence-electron chi connectivity index (χ3n) is 2.60. The van der Waals surface area contributed by atoms with E-state index in [4.69, 9.17) is 9.63 Å². The predicted molar refractivity (Wildman–Crippen MR) is 55.4 cm³/mol. The third-order valence-corrected chi connectivity index (χ3v) is 3.77. The molecule has 1 aliphatic carbocycles. The van der Waals surface area contributed by atoms with Gasteiger partial charge in [0.15, 0.2) is 0 Å². The van der Waals surface area contributed by atoms with Crippen LogP contribution in [0.1, 0.15) is 27.1 Å². The number of aliphatic hydroxyl groups excluding tert-OH is 1. The van der Waals surface area contributed by atoms with Gasteiger partial charge in [0.05, 0.1) is 17.9 Å². The van der Waals surface area contributed by atoms with Crippen LogP contribution in [0.4, 0.5) is 0 Å². The summed E-state index contributed by atoms with van der Waals surface area (Å²) >= 11 is 1.13. The number of hydrogen-bond acceptors (Lipinski definition) is 5. The summed E-state index contributed by atoms with van der Waals surface area (Å²) in [4.78, 5) is 11.8. The second-order valence-corrected chi connectivity index (χ2v) is 4.64. The smallest absolute Gasteiger partial charge is 0.345 e. The maximum Gasteiger partial charge on any atom is 0.345 e. The number of rotatable bonds is 1. The Hall–Kier alpha value is -1.66. The van der Waals surface area contributed by atoms with Crippen LogP contribution in [0, 0.1) is 0 Å². The minimum atomic E-state index is -0.982. The van der Waals surface area contributed by atoms with Crippen LogP contribution in [-0.4, -0.2) is 21.3 Å². The molecule has 0 amide bonds. The summed E-state index contributed by atoms with van der Waals surface area (Å²) < 4.78 is 5.00. The number of carboxylic acids is 1. The number of aromatic carboxylic acids is 1. The normalized spacial score (nSPS) is 17.9. The van der Waals surface area contributed by atoms with E-state index >= 15 is 0 Å². The largest absolute Gasteiger partial charge is 0.477 e. The highest BCUT2D eigenvalue weighted by Gasteiger charge is 2.29. The third kappa shape index (κ3) is 1.20. The number of aromatic nitrogens is 1. The fourth-order valence-corrected chi connectivity index (χ4v) is 2.93. The fourth-order valence-electron chi connectivity index (χ4n) is 1.85. The summed E-state index contributed by atoms with van der Waals surface area (Å²) in [7, 11) is 0. The minimum absolute atomic E-state index is 0.220. The van der Waals surface area contributed by atoms with Gasteiger partial charge in [0.2, 0.25) is 0 Å². The highest BCUT2D eigenvalue weighted by molar-refractivity contribution is 7.17. The number of carbonyl (C=O) groups is 1. The SMILES string of the molecule is O=C(O)c1cc2c(s1)-c1cnoc1CC2O. The molecule has 2 N–H and O–H groups in total. The van der Waals surface area contributed by atoms with E-state index in [0.29, 0.717) is 17.7 Å². The molecule has 0 fully saturated rings. The van der Waals surface area contributed by atoms with Crippen molar-refractivity contribution < 1.29 is 19.5 Å². The van der Waals surface area contributed by atoms with E-state index in [1.54, 1.807) is 6.20 Å². The van der Waals surface area contributed by atoms with E-state index in [1.165, 1.54) is 6.07 Å². The van der Waals surface area contributed by atoms with Crippen molar-refractivity contribution in [3.05, 3.63) is 28.5 Å². The van der Waals surface area contributed by atoms with E-state index in [9.17, 15) is 9.90 Å². The standard InChI is InChI=1S/C10H7NO4S/c12-6-2-7-5(3-11-15-7)9-4(6)1-8(16-9)10(13)14/h1,3,6,12H,2H2,(H,13,14). The van der Waals surface area contributed by atoms with Crippen LogP contribution < -0.4 is 0 Å². The number of hydrogen-bond donors (Lipinski definition) is 2. The average molecular weight is 237 g/mol. The molecule has 2 aromatic heterocycles. The molecule has 0 aromatic carbocycles. The van der Waals surface area contributed by atoms with E-state index in [-0.39, 0.29) is 4.88 Å². The molecule has 6 heteroatoms. The molecule has 0 saturated carbocycles. The first kappa shape index (κ1) is 9.56. The Kier molecular flexibility index (Phi) is 1.89. The van der Waals surface area contributed by atoms with Gasteiger partial charge in [-0.3, -0.25) is 0 Å². The summed E-state index contributed by atoms with van der Waals surface area (Å²) in [6, 6.07) is 1.52. The lowest BCUT2D eigenvalue weighted by Crippen LogP contribution is -2.06. The Morgan fingerprint density at radius 3 is 3.19 bits per heavy atom. The van der Waals surface area contributed by atoms with Gasteiger partial charge in [-0.25, -0.2) is 4.79 Å². The summed E-state index contributed by atoms with van der Waals surface area (Å²) in [6.07, 6.45) is 1.19. The Balaban J connectivity index is 2.23. The number of carboxylic acid groups (broad SMARTS) is 1. The molecular weight excluding hydrogens is 230 g/mol. The van der Waals surface area contributed by atoms with Gasteiger partial charge in [-0.1, -0.05) is 5.16 Å². The molecule has 1 unspecified atom stereocenters. The van der Waals surface area contributed by atoms with Crippen LogP contribution in [0.2, 0.25) is 0 Å². The lowest BCUT2D eigenvalue weighted by molar-refractivity contribution is 0.0702. The first-order chi connectivity index (χ1) is 7.66. The molecule has 1 atom stereocenters. The zero-order valence-electron chi connectivity index (χ0n) is 8.01. The van der Waals surface area contributed by atoms with Gasteiger partial charge < -0.3 is 14.7 Å². The Morgan fingerprint density at radius 1 is 1.62 bits per heavy atom. The molecule has 2 aromatic rings. The van der Waals surface area contributed by atoms with Gasteiger partial charge in [0, 0.05) is 16.9 Å². The quantitative estimate of drug-likeness (QED) is 0.788. The molecule has 0 radical (unpaired) electrons. The van der Waals surface area contributed by atoms with Gasteiger partial charge in [-0.05, 0) is 6.07 Å². The van der Waals surface area contributed by atoms with Crippen LogP contribution >= 0.6 is 11.3 Å². The lowest BCUT2D eigenvalue weighted by atomic mass is 9.95. The molecule has 2 heterocycles. The van der Waals surface area contributed by atoms with Crippen LogP contribution in [-0.2, 0) is 6.42 Å². The first-order valence-corrected chi connectivity index (χ1v) is 5.47. The number of fused-ring (bicyclic) bond motifs is 3. The summed E-state index contributed by atoms with van der Waals surface area (Å²) in [5.74, 6) is -0.372. The van der Waals surface area contributed by atoms with Crippen molar-refractivity contribution in [1.82, 2.24) is 5.16 Å². The Labute approximate surface area is 93.9 Å². The second-order valence-electron chi connectivity index (χ2n) is 3.58. The highest BCUT2D eigenvalue weighted by atomic mass is 32.1. The van der Waals surface area contributed by atoms with Crippen LogP contribution in [0.5, 0.6) is 0 Å². The van der Waals surface area contributed by atoms with Crippen molar-refractivity contribution in [3.8, 4) is 10.4 Å². The molecule has 16 heavy (non-hydrogen) atoms. The topological polar surface area (TPSA) is 83.6 Å². The molecule has 82 valence electrons. The van der Waals surface area contributed by atoms with Crippen molar-refractivity contribution in [3.63, 3.8) is 0 Å². The lowest BCUT2D eigenvalue weighted by Gasteiger charge is -2.15. The van der Waals surface area contributed by atoms with Crippen molar-refractivity contribution in [1.29, 1.82) is 0 Å². The molecule has 5 nitrogen and oxygen atoms in total. The van der Waals surface area contributed by atoms with Crippen LogP contribution in [0.3, 0.4) is 0 Å². The average Bonchev–Trinajstić information content (AvgIpc) is 2.80. The van der Waals surface area contributed by atoms with E-state index in [0.717, 1.165) is 21.8 Å². The number of nitrogens with zero attached hydrogens (tertiary/aromatic N) is 1. The Bertz CT molecular complexity index is 571. The van der Waals surface area contributed by atoms with E-state index < -0.39 is 12.1 Å². The van der Waals surface area contributed by atoms with Crippen molar-refractivity contribution >= 4 is 17.3 Å². The van der Waals surface area contributed by atoms with Gasteiger partial charge in [-0.2, -0.15) is 0 Å². The zero-order valence-corrected chi connectivity index (χ0v) is 8.82. The maximum absolute atomic E-state index is 10.9. The minimum Gasteiger partial charge on any atom is -0.477 e. The summed E-state index contributed by atoms with van der Waals surface area (Å²) in [5, 5.41) is 22.4. The number of thiophene rings is 1. The second kappa shape index (κ2) is 3.16. The van der Waals surface area contributed by atoms with Crippen molar-refractivity contribution in [2.45, 2.75) is 12.5 Å². The van der Waals surface area contributed by atoms with Gasteiger partial charge in [0.1, 0.15) is 10.6 Å². The molecule has 3 rings (SSSR count). The monoisotopic (exact) mass is 237 g/mol. The predicted octanol–water partition coefficient (Wildman–Crippen LogP) is 1.69. The molecule has 1 aliphatic rings. The molecule has 0 bridgehead atoms. The molecular formula is C10H7NO4S. The van der Waals surface area contributed by atoms with Crippen LogP contribution in [0.15, 0.2) is 16.8 Å². The molecule has 0 saturated heterocycles. The van der Waals surface area contributed by atoms with Crippen molar-refractivity contribution in [2.24, 2.45) is 0 Å². The zero-order chi connectivity index (χ0) is 11.3. The molecule has 0 aliphatic heterocycles. The Morgan fingerprint density at radius 2 is 2.44 bits per heavy atom. The first-order valence-electron chi connectivity index (χ1n) is 4.66. The van der Waals surface area contributed by atoms with Gasteiger partial charge >= 0.3 is 5.97 Å². The maximum atomic E-state index is 10.9. The van der Waals surface area contributed by atoms with Gasteiger partial charge in [-0.15, -0.1) is 11.3 Å². The summed E-state index contributed by atoms with van der Waals surface area (Å²) in [5.41, 5.74) is 1.44. The highest BCUT2D eigenvalue weighted by Crippen LogP contribution is 2.43. The van der Waals surface area contributed by atoms with E-state index in [1.807, 2.05) is 0 Å². The molecule has 0 spiro atoms. The van der Waals surface area contributed by atoms with E-state index in [2.05, 4.69) is 5.16 Å². The van der Waals surface area contributed by atoms with Crippen molar-refractivity contribution in [2.75, 3.05) is 0 Å². The number of aliphatic hydroxyl groups is 1. The van der Waals surface area contributed by atoms with Gasteiger partial charge in [0.25, 0.3) is 0 Å². The summed E-state index contributed by atoms with van der Waals surface area (Å²) in [6.45, 7) is 0.